The van der Waals surface area contributed by atoms with Gasteiger partial charge in [0.25, 0.3) is 0 Å². The first-order chi connectivity index (χ1) is 57.2. The number of hydrogen-bond acceptors (Lipinski definition) is 33. The smallest absolute Gasteiger partial charge is 0.463 e. The average Bonchev–Trinajstić information content (AvgIpc) is 0.812. The maximum Gasteiger partial charge on any atom is 0.472 e. The molecule has 714 valence electrons. The second-order valence-electron chi connectivity index (χ2n) is 31.7. The molecule has 44 heteroatoms. The van der Waals surface area contributed by atoms with Gasteiger partial charge in [-0.1, -0.05) is 93.9 Å². The lowest BCUT2D eigenvalue weighted by Crippen LogP contribution is -2.58. The van der Waals surface area contributed by atoms with Gasteiger partial charge in [-0.25, -0.2) is 18.3 Å². The molecule has 12 unspecified atom stereocenters. The highest BCUT2D eigenvalue weighted by molar-refractivity contribution is 7.52. The zero-order valence-corrected chi connectivity index (χ0v) is 78.1. The lowest BCUT2D eigenvalue weighted by atomic mass is 9.79. The molecule has 1 amide bonds. The third kappa shape index (κ3) is 51.8. The van der Waals surface area contributed by atoms with E-state index in [2.05, 4.69) is 46.9 Å². The number of carbonyl (C=O) groups is 4. The highest BCUT2D eigenvalue weighted by Crippen LogP contribution is 2.48. The largest absolute Gasteiger partial charge is 0.472 e. The maximum absolute atomic E-state index is 13.6. The second-order valence-corrected chi connectivity index (χ2v) is 39.4. The highest BCUT2D eigenvalue weighted by atomic mass is 31.2. The van der Waals surface area contributed by atoms with E-state index in [1.54, 1.807) is 0 Å². The zero-order chi connectivity index (χ0) is 89.9. The van der Waals surface area contributed by atoms with Gasteiger partial charge >= 0.3 is 56.8 Å². The topological polar surface area (TPSA) is 499 Å². The minimum Gasteiger partial charge on any atom is -0.463 e. The SMILES string of the molecule is CC(=O)NC1[C@H](OCCCCCCOP(=O)(O)OCCCOCC(COCCCOP(=O)(O)OCCCCCCO[C@@H]2OC(COC(C)=O)[C@H](C)[C@H](C)C2C)(COCCCOP(=O)(O)OCCCCCCO[C@@H]2OC(COC(C)=O)[C@H](C)[C@H](C)C2C)COP(=O)(O)OCCCOCC(CO)COCCCOP(C)(=O)O)OC(COC(C)=O)[C@H](C)[C@@H]1C. The number of esters is 3. The van der Waals surface area contributed by atoms with Gasteiger partial charge in [-0.2, -0.15) is 0 Å². The van der Waals surface area contributed by atoms with Crippen LogP contribution in [0.15, 0.2) is 0 Å². The van der Waals surface area contributed by atoms with Crippen LogP contribution in [-0.2, 0) is 149 Å². The van der Waals surface area contributed by atoms with Crippen molar-refractivity contribution in [3.05, 3.63) is 0 Å². The standard InChI is InChI=1S/C77H148NO38P5/c1-57-59(3)70(50-102-66(10)81)114-74(63(57)7)99-36-20-14-17-23-39-106-118(86,87)109-44-28-33-96-53-77(56-113-121(92,93)112-43-27-32-95-49-69(47-79)48-94-31-26-42-105-117(13,84)85,54-97-34-29-45-110-119(88,89)107-40-24-18-15-21-37-100-75-64(8)58(2)60(4)71(115-75)51-103-67(11)82)55-98-35-30-46-111-120(90,91)108-41-25-19-16-22-38-101-76-73(78-65(9)80)62(6)61(5)72(116-76)52-104-68(12)83/h57-64,69-76,79H,14-56H2,1-13H3,(H,78,80)(H,84,85)(H,86,87)(H,88,89)(H,90,91)(H,92,93)/t57-,58-,59+,60+,61+,62-,63?,64?,69?,70?,71?,72?,73?,74+,75+,76+,77?/m0/s1. The number of hydrogen-bond donors (Lipinski definition) is 7. The summed E-state index contributed by atoms with van der Waals surface area (Å²) >= 11 is 0. The Morgan fingerprint density at radius 2 is 0.620 bits per heavy atom. The first-order valence-corrected chi connectivity index (χ1v) is 50.6. The molecule has 39 nitrogen and oxygen atoms in total. The van der Waals surface area contributed by atoms with Crippen molar-refractivity contribution >= 4 is 62.7 Å². The molecule has 0 saturated carbocycles. The lowest BCUT2D eigenvalue weighted by Gasteiger charge is -2.44. The van der Waals surface area contributed by atoms with E-state index >= 15 is 0 Å². The molecule has 3 aliphatic heterocycles. The molecule has 3 aliphatic rings. The van der Waals surface area contributed by atoms with Crippen LogP contribution in [0.25, 0.3) is 0 Å². The first kappa shape index (κ1) is 113. The molecule has 3 saturated heterocycles. The predicted molar refractivity (Wildman–Crippen MR) is 439 cm³/mol. The number of unbranched alkanes of at least 4 members (excludes halogenated alkanes) is 9. The van der Waals surface area contributed by atoms with Gasteiger partial charge < -0.3 is 106 Å². The van der Waals surface area contributed by atoms with E-state index in [9.17, 15) is 71.6 Å². The lowest BCUT2D eigenvalue weighted by molar-refractivity contribution is -0.255. The van der Waals surface area contributed by atoms with Crippen LogP contribution in [0.3, 0.4) is 0 Å². The van der Waals surface area contributed by atoms with Crippen LogP contribution in [-0.4, -0.2) is 275 Å². The van der Waals surface area contributed by atoms with Crippen LogP contribution < -0.4 is 5.32 Å². The molecular formula is C77H148NO38P5. The Morgan fingerprint density at radius 1 is 0.339 bits per heavy atom. The van der Waals surface area contributed by atoms with E-state index < -0.39 is 93.8 Å². The monoisotopic (exact) mass is 1850 g/mol. The van der Waals surface area contributed by atoms with Gasteiger partial charge in [0.05, 0.1) is 129 Å². The molecule has 21 atom stereocenters. The molecule has 121 heavy (non-hydrogen) atoms. The van der Waals surface area contributed by atoms with Gasteiger partial charge in [0, 0.05) is 105 Å². The van der Waals surface area contributed by atoms with Gasteiger partial charge in [0.15, 0.2) is 18.9 Å². The molecule has 0 radical (unpaired) electrons. The number of nitrogens with one attached hydrogen (secondary N) is 1. The summed E-state index contributed by atoms with van der Waals surface area (Å²) in [5.41, 5.74) is -1.47. The summed E-state index contributed by atoms with van der Waals surface area (Å²) in [6.07, 6.45) is 5.11. The number of rotatable bonds is 73. The van der Waals surface area contributed by atoms with Crippen molar-refractivity contribution in [3.8, 4) is 0 Å². The molecular weight excluding hydrogens is 1700 g/mol. The molecule has 0 aromatic rings. The Kier molecular flexibility index (Phi) is 58.3. The van der Waals surface area contributed by atoms with E-state index in [0.29, 0.717) is 83.8 Å². The Hall–Kier alpha value is -2.01. The van der Waals surface area contributed by atoms with Crippen molar-refractivity contribution in [2.45, 2.75) is 235 Å². The van der Waals surface area contributed by atoms with E-state index in [0.717, 1.165) is 19.5 Å². The van der Waals surface area contributed by atoms with Crippen molar-refractivity contribution in [1.29, 1.82) is 0 Å². The van der Waals surface area contributed by atoms with Crippen molar-refractivity contribution in [2.75, 3.05) is 178 Å². The number of amides is 1. The minimum atomic E-state index is -4.90. The molecule has 7 N–H and O–H groups in total. The third-order valence-corrected chi connectivity index (χ3v) is 25.9. The van der Waals surface area contributed by atoms with E-state index in [4.69, 9.17) is 107 Å². The summed E-state index contributed by atoms with van der Waals surface area (Å²) in [7, 11) is -22.1. The summed E-state index contributed by atoms with van der Waals surface area (Å²) in [6, 6.07) is -0.441. The van der Waals surface area contributed by atoms with Gasteiger partial charge in [0.1, 0.15) is 19.8 Å². The van der Waals surface area contributed by atoms with Gasteiger partial charge in [-0.3, -0.25) is 59.9 Å². The quantitative estimate of drug-likeness (QED) is 0.0129. The summed E-state index contributed by atoms with van der Waals surface area (Å²) in [5.74, 6) is -0.930. The van der Waals surface area contributed by atoms with Crippen LogP contribution >= 0.6 is 38.9 Å². The summed E-state index contributed by atoms with van der Waals surface area (Å²) in [4.78, 5) is 98.7. The third-order valence-electron chi connectivity index (χ3n) is 21.2. The normalized spacial score (nSPS) is 26.6. The van der Waals surface area contributed by atoms with Crippen LogP contribution in [0.1, 0.15) is 192 Å². The fourth-order valence-corrected chi connectivity index (χ4v) is 16.8. The van der Waals surface area contributed by atoms with Gasteiger partial charge in [0.2, 0.25) is 5.91 Å². The molecule has 0 aromatic heterocycles. The summed E-state index contributed by atoms with van der Waals surface area (Å²) < 4.78 is 193. The molecule has 3 heterocycles. The van der Waals surface area contributed by atoms with Crippen LogP contribution in [0.4, 0.5) is 0 Å². The van der Waals surface area contributed by atoms with E-state index in [-0.39, 0.29) is 255 Å². The molecule has 0 aromatic carbocycles. The minimum absolute atomic E-state index is 0.00360. The Balaban J connectivity index is 1.64. The maximum atomic E-state index is 13.6. The molecule has 3 fully saturated rings. The average molecular weight is 1850 g/mol. The van der Waals surface area contributed by atoms with Crippen LogP contribution in [0, 0.1) is 58.7 Å². The molecule has 0 aliphatic carbocycles. The van der Waals surface area contributed by atoms with Crippen LogP contribution in [0.5, 0.6) is 0 Å². The van der Waals surface area contributed by atoms with Gasteiger partial charge in [-0.15, -0.1) is 0 Å². The Morgan fingerprint density at radius 3 is 0.934 bits per heavy atom. The Labute approximate surface area is 716 Å². The number of phosphoric ester groups is 4. The number of ether oxygens (including phenoxy) is 14. The van der Waals surface area contributed by atoms with Gasteiger partial charge in [-0.05, 0) is 106 Å². The number of aliphatic hydroxyl groups excluding tert-OH is 1. The molecule has 3 rings (SSSR count). The highest BCUT2D eigenvalue weighted by Gasteiger charge is 2.45. The second kappa shape index (κ2) is 62.3. The molecule has 0 spiro atoms. The fraction of sp³-hybridized carbons (Fsp3) is 0.948. The van der Waals surface area contributed by atoms with Crippen molar-refractivity contribution in [1.82, 2.24) is 5.32 Å². The van der Waals surface area contributed by atoms with E-state index in [1.165, 1.54) is 27.7 Å². The Bertz CT molecular complexity index is 2960. The summed E-state index contributed by atoms with van der Waals surface area (Å²) in [5, 5.41) is 12.8. The molecule has 0 bridgehead atoms. The number of aliphatic hydroxyl groups is 1. The van der Waals surface area contributed by atoms with Crippen LogP contribution in [0.2, 0.25) is 0 Å². The van der Waals surface area contributed by atoms with Crippen molar-refractivity contribution in [2.24, 2.45) is 58.7 Å². The van der Waals surface area contributed by atoms with E-state index in [1.807, 2.05) is 13.8 Å². The predicted octanol–water partition coefficient (Wildman–Crippen LogP) is 11.2. The zero-order valence-electron chi connectivity index (χ0n) is 73.6. The van der Waals surface area contributed by atoms with Crippen molar-refractivity contribution in [3.63, 3.8) is 0 Å². The number of phosphoric acid groups is 4. The fourth-order valence-electron chi connectivity index (χ4n) is 13.1. The van der Waals surface area contributed by atoms with Crippen molar-refractivity contribution < 1.29 is 179 Å². The number of carbonyl (C=O) groups excluding carboxylic acids is 4. The first-order valence-electron chi connectivity index (χ1n) is 42.6. The summed E-state index contributed by atoms with van der Waals surface area (Å²) in [6.45, 7) is 21.1.